The van der Waals surface area contributed by atoms with E-state index in [4.69, 9.17) is 0 Å². The summed E-state index contributed by atoms with van der Waals surface area (Å²) in [5, 5.41) is 21.8. The lowest BCUT2D eigenvalue weighted by Gasteiger charge is -2.25. The Morgan fingerprint density at radius 2 is 1.52 bits per heavy atom. The van der Waals surface area contributed by atoms with Crippen molar-refractivity contribution in [3.63, 3.8) is 0 Å². The van der Waals surface area contributed by atoms with Gasteiger partial charge in [-0.1, -0.05) is 12.1 Å². The third kappa shape index (κ3) is 3.82. The molecular weight excluding hydrogens is 441 g/mol. The Morgan fingerprint density at radius 1 is 0.909 bits per heavy atom. The van der Waals surface area contributed by atoms with Gasteiger partial charge in [0, 0.05) is 23.8 Å². The van der Waals surface area contributed by atoms with Crippen LogP contribution in [-0.4, -0.2) is 21.7 Å². The van der Waals surface area contributed by atoms with E-state index in [9.17, 15) is 38.0 Å². The molecule has 4 rings (SSSR count). The number of non-ortho nitro benzene ring substituents is 1. The molecule has 7 nitrogen and oxygen atoms in total. The lowest BCUT2D eigenvalue weighted by molar-refractivity contribution is -0.384. The highest BCUT2D eigenvalue weighted by Crippen LogP contribution is 2.43. The Kier molecular flexibility index (Phi) is 5.42. The minimum absolute atomic E-state index is 0.0228. The normalized spacial score (nSPS) is 17.4. The monoisotopic (exact) mass is 454 g/mol. The Morgan fingerprint density at radius 3 is 2.12 bits per heavy atom. The molecule has 10 heteroatoms. The smallest absolute Gasteiger partial charge is 0.300 e. The molecule has 1 heterocycles. The summed E-state index contributed by atoms with van der Waals surface area (Å²) < 4.78 is 42.0. The van der Waals surface area contributed by atoms with Gasteiger partial charge in [-0.05, 0) is 42.0 Å². The van der Waals surface area contributed by atoms with Crippen LogP contribution in [0, 0.1) is 27.6 Å². The van der Waals surface area contributed by atoms with Crippen LogP contribution in [0.4, 0.5) is 24.5 Å². The molecule has 166 valence electrons. The Balaban J connectivity index is 1.95. The van der Waals surface area contributed by atoms with Crippen molar-refractivity contribution >= 4 is 28.8 Å². The molecule has 1 N–H and O–H groups in total. The molecule has 1 atom stereocenters. The van der Waals surface area contributed by atoms with Crippen LogP contribution in [-0.2, 0) is 9.59 Å². The molecule has 1 saturated heterocycles. The summed E-state index contributed by atoms with van der Waals surface area (Å²) in [4.78, 5) is 36.7. The number of amides is 1. The largest absolute Gasteiger partial charge is 0.507 e. The number of hydrogen-bond donors (Lipinski definition) is 1. The molecule has 3 aromatic carbocycles. The summed E-state index contributed by atoms with van der Waals surface area (Å²) in [5.74, 6) is -5.61. The minimum Gasteiger partial charge on any atom is -0.507 e. The fourth-order valence-electron chi connectivity index (χ4n) is 3.61. The third-order valence-corrected chi connectivity index (χ3v) is 5.15. The van der Waals surface area contributed by atoms with E-state index in [0.29, 0.717) is 4.90 Å². The maximum absolute atomic E-state index is 14.6. The Bertz CT molecular complexity index is 1320. The van der Waals surface area contributed by atoms with E-state index in [1.165, 1.54) is 24.3 Å². The Labute approximate surface area is 184 Å². The van der Waals surface area contributed by atoms with Crippen molar-refractivity contribution < 1.29 is 32.8 Å². The van der Waals surface area contributed by atoms with Crippen molar-refractivity contribution in [1.29, 1.82) is 0 Å². The molecule has 1 fully saturated rings. The van der Waals surface area contributed by atoms with Gasteiger partial charge in [0.1, 0.15) is 23.2 Å². The number of nitrogens with zero attached hydrogens (tertiary/aromatic N) is 2. The van der Waals surface area contributed by atoms with Crippen LogP contribution < -0.4 is 4.90 Å². The van der Waals surface area contributed by atoms with E-state index in [1.807, 2.05) is 0 Å². The molecule has 0 aromatic heterocycles. The summed E-state index contributed by atoms with van der Waals surface area (Å²) in [6.45, 7) is 0. The molecule has 0 saturated carbocycles. The first kappa shape index (κ1) is 21.8. The van der Waals surface area contributed by atoms with Gasteiger partial charge in [-0.25, -0.2) is 13.2 Å². The average Bonchev–Trinajstić information content (AvgIpc) is 3.06. The molecule has 3 aromatic rings. The number of aliphatic hydroxyl groups is 1. The molecule has 1 aliphatic rings. The standard InChI is InChI=1S/C23H13F3N2O5/c24-14-5-1-12(2-6-14)20-19(21(29)13-3-8-16(9-4-13)28(32)33)22(30)23(31)27(20)18-11-15(25)7-10-17(18)26/h1-11,20,29H/b21-19+. The number of nitro benzene ring substituents is 1. The summed E-state index contributed by atoms with van der Waals surface area (Å²) in [6.07, 6.45) is 0. The van der Waals surface area contributed by atoms with Gasteiger partial charge in [0.05, 0.1) is 22.2 Å². The number of halogens is 3. The topological polar surface area (TPSA) is 101 Å². The van der Waals surface area contributed by atoms with Crippen LogP contribution in [0.25, 0.3) is 5.76 Å². The van der Waals surface area contributed by atoms with Crippen molar-refractivity contribution in [1.82, 2.24) is 0 Å². The van der Waals surface area contributed by atoms with Crippen molar-refractivity contribution in [3.05, 3.63) is 111 Å². The van der Waals surface area contributed by atoms with Crippen molar-refractivity contribution in [3.8, 4) is 0 Å². The van der Waals surface area contributed by atoms with Crippen LogP contribution >= 0.6 is 0 Å². The number of anilines is 1. The molecule has 0 radical (unpaired) electrons. The number of rotatable bonds is 4. The number of carbonyl (C=O) groups excluding carboxylic acids is 2. The van der Waals surface area contributed by atoms with Crippen LogP contribution in [0.3, 0.4) is 0 Å². The van der Waals surface area contributed by atoms with Crippen LogP contribution in [0.15, 0.2) is 72.3 Å². The van der Waals surface area contributed by atoms with Crippen LogP contribution in [0.5, 0.6) is 0 Å². The van der Waals surface area contributed by atoms with E-state index in [-0.39, 0.29) is 16.8 Å². The molecule has 1 amide bonds. The van der Waals surface area contributed by atoms with Gasteiger partial charge in [-0.3, -0.25) is 24.6 Å². The number of ketones is 1. The number of Topliss-reactive ketones (excluding diaryl/α,β-unsaturated/α-hetero) is 1. The maximum atomic E-state index is 14.6. The van der Waals surface area contributed by atoms with Crippen molar-refractivity contribution in [2.24, 2.45) is 0 Å². The summed E-state index contributed by atoms with van der Waals surface area (Å²) in [5.41, 5.74) is -1.17. The molecule has 0 bridgehead atoms. The van der Waals surface area contributed by atoms with E-state index in [2.05, 4.69) is 0 Å². The maximum Gasteiger partial charge on any atom is 0.300 e. The van der Waals surface area contributed by atoms with E-state index in [1.54, 1.807) is 0 Å². The van der Waals surface area contributed by atoms with E-state index >= 15 is 0 Å². The van der Waals surface area contributed by atoms with Gasteiger partial charge < -0.3 is 5.11 Å². The van der Waals surface area contributed by atoms with Gasteiger partial charge in [0.2, 0.25) is 0 Å². The fraction of sp³-hybridized carbons (Fsp3) is 0.0435. The average molecular weight is 454 g/mol. The second-order valence-corrected chi connectivity index (χ2v) is 7.12. The first-order valence-electron chi connectivity index (χ1n) is 9.45. The summed E-state index contributed by atoms with van der Waals surface area (Å²) in [6, 6.07) is 10.00. The second-order valence-electron chi connectivity index (χ2n) is 7.12. The molecule has 0 spiro atoms. The highest BCUT2D eigenvalue weighted by molar-refractivity contribution is 6.51. The number of hydrogen-bond acceptors (Lipinski definition) is 5. The highest BCUT2D eigenvalue weighted by atomic mass is 19.1. The first-order chi connectivity index (χ1) is 15.7. The number of carbonyl (C=O) groups is 2. The highest BCUT2D eigenvalue weighted by Gasteiger charge is 2.47. The zero-order chi connectivity index (χ0) is 23.9. The molecule has 0 aliphatic carbocycles. The molecule has 1 aliphatic heterocycles. The zero-order valence-corrected chi connectivity index (χ0v) is 16.5. The lowest BCUT2D eigenvalue weighted by atomic mass is 9.95. The number of aliphatic hydroxyl groups excluding tert-OH is 1. The lowest BCUT2D eigenvalue weighted by Crippen LogP contribution is -2.30. The van der Waals surface area contributed by atoms with E-state index in [0.717, 1.165) is 42.5 Å². The van der Waals surface area contributed by atoms with Crippen molar-refractivity contribution in [2.75, 3.05) is 4.90 Å². The van der Waals surface area contributed by atoms with Gasteiger partial charge in [-0.15, -0.1) is 0 Å². The fourth-order valence-corrected chi connectivity index (χ4v) is 3.61. The number of nitro groups is 1. The molecule has 33 heavy (non-hydrogen) atoms. The van der Waals surface area contributed by atoms with Gasteiger partial charge in [0.15, 0.2) is 0 Å². The Hall–Kier alpha value is -4.47. The number of benzene rings is 3. The van der Waals surface area contributed by atoms with Crippen molar-refractivity contribution in [2.45, 2.75) is 6.04 Å². The summed E-state index contributed by atoms with van der Waals surface area (Å²) in [7, 11) is 0. The van der Waals surface area contributed by atoms with E-state index < -0.39 is 57.1 Å². The predicted molar refractivity (Wildman–Crippen MR) is 111 cm³/mol. The minimum atomic E-state index is -1.42. The quantitative estimate of drug-likeness (QED) is 0.204. The molecule has 1 unspecified atom stereocenters. The summed E-state index contributed by atoms with van der Waals surface area (Å²) >= 11 is 0. The van der Waals surface area contributed by atoms with Gasteiger partial charge >= 0.3 is 0 Å². The zero-order valence-electron chi connectivity index (χ0n) is 16.5. The van der Waals surface area contributed by atoms with Gasteiger partial charge in [-0.2, -0.15) is 0 Å². The predicted octanol–water partition coefficient (Wildman–Crippen LogP) is 4.64. The first-order valence-corrected chi connectivity index (χ1v) is 9.45. The van der Waals surface area contributed by atoms with Crippen LogP contribution in [0.2, 0.25) is 0 Å². The SMILES string of the molecule is O=C1C(=O)N(c2cc(F)ccc2F)C(c2ccc(F)cc2)/C1=C(\O)c1ccc([N+](=O)[O-])cc1. The van der Waals surface area contributed by atoms with Crippen LogP contribution in [0.1, 0.15) is 17.2 Å². The third-order valence-electron chi connectivity index (χ3n) is 5.15. The second kappa shape index (κ2) is 8.23. The molecular formula is C23H13F3N2O5. The van der Waals surface area contributed by atoms with Gasteiger partial charge in [0.25, 0.3) is 17.4 Å².